The number of hydrogen-bond acceptors (Lipinski definition) is 5. The van der Waals surface area contributed by atoms with E-state index in [1.54, 1.807) is 31.6 Å². The quantitative estimate of drug-likeness (QED) is 0.867. The van der Waals surface area contributed by atoms with Gasteiger partial charge in [0.05, 0.1) is 7.11 Å². The van der Waals surface area contributed by atoms with E-state index in [2.05, 4.69) is 10.1 Å². The average molecular weight is 325 g/mol. The van der Waals surface area contributed by atoms with Gasteiger partial charge in [0.2, 0.25) is 17.5 Å². The highest BCUT2D eigenvalue weighted by atomic mass is 16.6. The van der Waals surface area contributed by atoms with Gasteiger partial charge in [0.1, 0.15) is 5.75 Å². The molecule has 6 heteroatoms. The van der Waals surface area contributed by atoms with Gasteiger partial charge in [0.25, 0.3) is 0 Å². The molecule has 2 aromatic rings. The topological polar surface area (TPSA) is 64.0 Å². The third-order valence-corrected chi connectivity index (χ3v) is 3.87. The summed E-state index contributed by atoms with van der Waals surface area (Å²) in [7, 11) is 1.63. The number of amides is 1. The van der Waals surface area contributed by atoms with Crippen molar-refractivity contribution in [3.63, 3.8) is 0 Å². The van der Waals surface area contributed by atoms with Crippen LogP contribution in [0.1, 0.15) is 25.0 Å². The van der Waals surface area contributed by atoms with Gasteiger partial charge in [-0.1, -0.05) is 12.1 Å². The predicted molar refractivity (Wildman–Crippen MR) is 89.5 cm³/mol. The first kappa shape index (κ1) is 16.0. The highest BCUT2D eigenvalue weighted by Crippen LogP contribution is 2.31. The van der Waals surface area contributed by atoms with Crippen LogP contribution in [0.2, 0.25) is 0 Å². The maximum atomic E-state index is 12.0. The second kappa shape index (κ2) is 6.31. The molecule has 1 aliphatic rings. The summed E-state index contributed by atoms with van der Waals surface area (Å²) in [5, 5.41) is 5.76. The van der Waals surface area contributed by atoms with Crippen molar-refractivity contribution in [2.45, 2.75) is 26.0 Å². The highest BCUT2D eigenvalue weighted by molar-refractivity contribution is 5.96. The molecule has 0 radical (unpaired) electrons. The van der Waals surface area contributed by atoms with Crippen molar-refractivity contribution in [3.8, 4) is 5.75 Å². The van der Waals surface area contributed by atoms with E-state index in [1.807, 2.05) is 31.2 Å². The molecular formula is C18H19N3O3. The van der Waals surface area contributed by atoms with Crippen LogP contribution in [0.4, 0.5) is 0 Å². The van der Waals surface area contributed by atoms with Crippen molar-refractivity contribution < 1.29 is 14.3 Å². The lowest BCUT2D eigenvalue weighted by molar-refractivity contribution is -0.144. The molecule has 0 unspecified atom stereocenters. The Morgan fingerprint density at radius 1 is 1.21 bits per heavy atom. The Kier molecular flexibility index (Phi) is 4.20. The summed E-state index contributed by atoms with van der Waals surface area (Å²) in [6.45, 7) is 3.34. The third-order valence-electron chi connectivity index (χ3n) is 3.87. The number of carbonyl (C=O) groups is 1. The fourth-order valence-electron chi connectivity index (χ4n) is 2.72. The molecule has 1 atom stereocenters. The highest BCUT2D eigenvalue weighted by Gasteiger charge is 2.43. The fraction of sp³-hybridized carbons (Fsp3) is 0.278. The van der Waals surface area contributed by atoms with Crippen molar-refractivity contribution in [3.05, 3.63) is 59.9 Å². The van der Waals surface area contributed by atoms with E-state index in [-0.39, 0.29) is 5.91 Å². The third kappa shape index (κ3) is 3.08. The minimum absolute atomic E-state index is 0.171. The summed E-state index contributed by atoms with van der Waals surface area (Å²) >= 11 is 0. The van der Waals surface area contributed by atoms with E-state index in [9.17, 15) is 4.79 Å². The number of rotatable bonds is 4. The standard InChI is InChI=1S/C18H19N3O3/c1-13(22)21-18(2,12-14-4-6-16(23-3)7-5-14)24-17(20-21)15-8-10-19-11-9-15/h4-11H,12H2,1-3H3/t18-/m0/s1. The van der Waals surface area contributed by atoms with Crippen LogP contribution in [-0.2, 0) is 16.0 Å². The molecule has 1 amide bonds. The molecule has 0 spiro atoms. The van der Waals surface area contributed by atoms with E-state index in [0.717, 1.165) is 16.9 Å². The first-order chi connectivity index (χ1) is 11.5. The molecule has 0 saturated carbocycles. The van der Waals surface area contributed by atoms with Crippen molar-refractivity contribution >= 4 is 11.8 Å². The van der Waals surface area contributed by atoms with Crippen molar-refractivity contribution in [2.24, 2.45) is 5.10 Å². The average Bonchev–Trinajstić information content (AvgIpc) is 2.94. The van der Waals surface area contributed by atoms with Crippen LogP contribution in [0.3, 0.4) is 0 Å². The minimum Gasteiger partial charge on any atom is -0.497 e. The second-order valence-corrected chi connectivity index (χ2v) is 5.77. The van der Waals surface area contributed by atoms with Gasteiger partial charge < -0.3 is 9.47 Å². The summed E-state index contributed by atoms with van der Waals surface area (Å²) < 4.78 is 11.2. The van der Waals surface area contributed by atoms with Crippen molar-refractivity contribution in [1.82, 2.24) is 9.99 Å². The molecule has 1 aromatic carbocycles. The number of ether oxygens (including phenoxy) is 2. The number of hydrazone groups is 1. The Bertz CT molecular complexity index is 759. The number of benzene rings is 1. The number of pyridine rings is 1. The first-order valence-electron chi connectivity index (χ1n) is 7.63. The van der Waals surface area contributed by atoms with E-state index in [0.29, 0.717) is 12.3 Å². The number of hydrogen-bond donors (Lipinski definition) is 0. The van der Waals surface area contributed by atoms with Gasteiger partial charge in [-0.3, -0.25) is 9.78 Å². The molecule has 124 valence electrons. The molecule has 6 nitrogen and oxygen atoms in total. The zero-order valence-corrected chi connectivity index (χ0v) is 13.9. The molecule has 24 heavy (non-hydrogen) atoms. The van der Waals surface area contributed by atoms with Gasteiger partial charge in [0.15, 0.2) is 0 Å². The van der Waals surface area contributed by atoms with Crippen LogP contribution in [0.15, 0.2) is 53.9 Å². The van der Waals surface area contributed by atoms with E-state index >= 15 is 0 Å². The Morgan fingerprint density at radius 2 is 1.88 bits per heavy atom. The van der Waals surface area contributed by atoms with Gasteiger partial charge in [0, 0.05) is 31.3 Å². The molecule has 0 aliphatic carbocycles. The molecular weight excluding hydrogens is 306 g/mol. The minimum atomic E-state index is -0.876. The summed E-state index contributed by atoms with van der Waals surface area (Å²) in [4.78, 5) is 16.0. The van der Waals surface area contributed by atoms with Gasteiger partial charge >= 0.3 is 0 Å². The number of carbonyl (C=O) groups excluding carboxylic acids is 1. The summed E-state index contributed by atoms with van der Waals surface area (Å²) in [6, 6.07) is 11.3. The monoisotopic (exact) mass is 325 g/mol. The Hall–Kier alpha value is -2.89. The SMILES string of the molecule is COc1ccc(C[C@]2(C)OC(c3ccncc3)=NN2C(C)=O)cc1. The molecule has 0 bridgehead atoms. The lowest BCUT2D eigenvalue weighted by Crippen LogP contribution is -2.45. The lowest BCUT2D eigenvalue weighted by Gasteiger charge is -2.30. The molecule has 1 aromatic heterocycles. The molecule has 1 aliphatic heterocycles. The van der Waals surface area contributed by atoms with Gasteiger partial charge in [-0.15, -0.1) is 5.10 Å². The van der Waals surface area contributed by atoms with Gasteiger partial charge in [-0.05, 0) is 36.8 Å². The molecule has 0 saturated heterocycles. The zero-order valence-electron chi connectivity index (χ0n) is 13.9. The summed E-state index contributed by atoms with van der Waals surface area (Å²) in [5.41, 5.74) is 0.935. The van der Waals surface area contributed by atoms with Crippen LogP contribution in [-0.4, -0.2) is 34.6 Å². The Balaban J connectivity index is 1.86. The fourth-order valence-corrected chi connectivity index (χ4v) is 2.72. The van der Waals surface area contributed by atoms with E-state index < -0.39 is 5.72 Å². The molecule has 0 N–H and O–H groups in total. The first-order valence-corrected chi connectivity index (χ1v) is 7.63. The molecule has 0 fully saturated rings. The van der Waals surface area contributed by atoms with Crippen LogP contribution in [0.25, 0.3) is 0 Å². The maximum Gasteiger partial charge on any atom is 0.243 e. The Labute approximate surface area is 140 Å². The van der Waals surface area contributed by atoms with E-state index in [4.69, 9.17) is 9.47 Å². The molecule has 2 heterocycles. The van der Waals surface area contributed by atoms with Crippen LogP contribution < -0.4 is 4.74 Å². The van der Waals surface area contributed by atoms with E-state index in [1.165, 1.54) is 11.9 Å². The van der Waals surface area contributed by atoms with Gasteiger partial charge in [-0.2, -0.15) is 5.01 Å². The zero-order chi connectivity index (χ0) is 17.2. The van der Waals surface area contributed by atoms with Crippen molar-refractivity contribution in [1.29, 1.82) is 0 Å². The second-order valence-electron chi connectivity index (χ2n) is 5.77. The smallest absolute Gasteiger partial charge is 0.243 e. The summed E-state index contributed by atoms with van der Waals surface area (Å²) in [5.74, 6) is 1.03. The van der Waals surface area contributed by atoms with Crippen molar-refractivity contribution in [2.75, 3.05) is 7.11 Å². The van der Waals surface area contributed by atoms with Crippen LogP contribution in [0, 0.1) is 0 Å². The van der Waals surface area contributed by atoms with Crippen LogP contribution >= 0.6 is 0 Å². The number of aromatic nitrogens is 1. The lowest BCUT2D eigenvalue weighted by atomic mass is 10.0. The van der Waals surface area contributed by atoms with Gasteiger partial charge in [-0.25, -0.2) is 0 Å². The maximum absolute atomic E-state index is 12.0. The number of nitrogens with zero attached hydrogens (tertiary/aromatic N) is 3. The predicted octanol–water partition coefficient (Wildman–Crippen LogP) is 2.59. The molecule has 3 rings (SSSR count). The Morgan fingerprint density at radius 3 is 2.46 bits per heavy atom. The largest absolute Gasteiger partial charge is 0.497 e. The van der Waals surface area contributed by atoms with Crippen LogP contribution in [0.5, 0.6) is 5.75 Å². The normalized spacial score (nSPS) is 19.6. The summed E-state index contributed by atoms with van der Waals surface area (Å²) in [6.07, 6.45) is 3.84. The number of methoxy groups -OCH3 is 1.